The van der Waals surface area contributed by atoms with Crippen molar-refractivity contribution in [3.05, 3.63) is 47.2 Å². The zero-order valence-electron chi connectivity index (χ0n) is 12.6. The van der Waals surface area contributed by atoms with E-state index in [1.807, 2.05) is 17.5 Å². The van der Waals surface area contributed by atoms with E-state index in [4.69, 9.17) is 13.9 Å². The van der Waals surface area contributed by atoms with Crippen LogP contribution in [0.1, 0.15) is 23.2 Å². The van der Waals surface area contributed by atoms with Crippen LogP contribution in [0.15, 0.2) is 40.1 Å². The molecule has 23 heavy (non-hydrogen) atoms. The van der Waals surface area contributed by atoms with E-state index >= 15 is 0 Å². The van der Waals surface area contributed by atoms with Gasteiger partial charge in [-0.3, -0.25) is 4.79 Å². The van der Waals surface area contributed by atoms with Gasteiger partial charge in [-0.05, 0) is 36.6 Å². The van der Waals surface area contributed by atoms with Crippen LogP contribution in [0.4, 0.5) is 0 Å². The van der Waals surface area contributed by atoms with Crippen molar-refractivity contribution in [1.82, 2.24) is 10.2 Å². The van der Waals surface area contributed by atoms with Gasteiger partial charge in [0.15, 0.2) is 23.9 Å². The third-order valence-corrected chi connectivity index (χ3v) is 3.98. The van der Waals surface area contributed by atoms with Crippen molar-refractivity contribution in [2.24, 2.45) is 0 Å². The monoisotopic (exact) mass is 330 g/mol. The van der Waals surface area contributed by atoms with E-state index in [9.17, 15) is 4.79 Å². The molecule has 0 unspecified atom stereocenters. The number of methoxy groups -OCH3 is 1. The zero-order chi connectivity index (χ0) is 16.2. The molecule has 6 nitrogen and oxygen atoms in total. The maximum Gasteiger partial charge on any atom is 0.257 e. The normalized spacial score (nSPS) is 10.5. The second kappa shape index (κ2) is 6.62. The fraction of sp³-hybridized carbons (Fsp3) is 0.188. The van der Waals surface area contributed by atoms with Gasteiger partial charge in [-0.25, -0.2) is 0 Å². The largest absolute Gasteiger partial charge is 0.493 e. The number of nitrogens with zero attached hydrogens (tertiary/aromatic N) is 2. The van der Waals surface area contributed by atoms with E-state index in [2.05, 4.69) is 10.2 Å². The van der Waals surface area contributed by atoms with Gasteiger partial charge in [0, 0.05) is 5.56 Å². The van der Waals surface area contributed by atoms with Crippen molar-refractivity contribution >= 4 is 17.1 Å². The standard InChI is InChI=1S/C16H14N2O4S/c1-10(19)11-5-6-12(13(8-11)20-2)21-9-15-17-18-16(22-15)14-4-3-7-23-14/h3-8H,9H2,1-2H3. The second-order valence-electron chi connectivity index (χ2n) is 4.69. The zero-order valence-corrected chi connectivity index (χ0v) is 13.4. The fourth-order valence-corrected chi connectivity index (χ4v) is 2.60. The summed E-state index contributed by atoms with van der Waals surface area (Å²) in [5.74, 6) is 1.79. The average Bonchev–Trinajstić information content (AvgIpc) is 3.23. The predicted octanol–water partition coefficient (Wildman–Crippen LogP) is 3.59. The van der Waals surface area contributed by atoms with Gasteiger partial charge in [0.05, 0.1) is 12.0 Å². The van der Waals surface area contributed by atoms with Crippen LogP contribution >= 0.6 is 11.3 Å². The Morgan fingerprint density at radius 1 is 1.26 bits per heavy atom. The second-order valence-corrected chi connectivity index (χ2v) is 5.64. The third kappa shape index (κ3) is 3.40. The molecule has 0 aliphatic rings. The number of aromatic nitrogens is 2. The molecule has 0 aliphatic carbocycles. The van der Waals surface area contributed by atoms with Crippen molar-refractivity contribution in [3.63, 3.8) is 0 Å². The lowest BCUT2D eigenvalue weighted by Gasteiger charge is -2.10. The van der Waals surface area contributed by atoms with E-state index in [1.54, 1.807) is 18.2 Å². The molecule has 0 radical (unpaired) electrons. The van der Waals surface area contributed by atoms with Crippen LogP contribution in [0.25, 0.3) is 10.8 Å². The SMILES string of the molecule is COc1cc(C(C)=O)ccc1OCc1nnc(-c2cccs2)o1. The molecule has 118 valence electrons. The molecule has 0 saturated carbocycles. The lowest BCUT2D eigenvalue weighted by atomic mass is 10.1. The average molecular weight is 330 g/mol. The quantitative estimate of drug-likeness (QED) is 0.643. The number of carbonyl (C=O) groups excluding carboxylic acids is 1. The lowest BCUT2D eigenvalue weighted by Crippen LogP contribution is -2.00. The maximum atomic E-state index is 11.4. The molecule has 7 heteroatoms. The highest BCUT2D eigenvalue weighted by atomic mass is 32.1. The van der Waals surface area contributed by atoms with E-state index in [0.29, 0.717) is 28.8 Å². The summed E-state index contributed by atoms with van der Waals surface area (Å²) in [6.07, 6.45) is 0. The Labute approximate surface area is 136 Å². The van der Waals surface area contributed by atoms with Crippen LogP contribution < -0.4 is 9.47 Å². The Morgan fingerprint density at radius 2 is 2.13 bits per heavy atom. The summed E-state index contributed by atoms with van der Waals surface area (Å²) in [6.45, 7) is 1.62. The Morgan fingerprint density at radius 3 is 2.83 bits per heavy atom. The van der Waals surface area contributed by atoms with Crippen LogP contribution in [0.2, 0.25) is 0 Å². The summed E-state index contributed by atoms with van der Waals surface area (Å²) in [5.41, 5.74) is 0.562. The van der Waals surface area contributed by atoms with Gasteiger partial charge < -0.3 is 13.9 Å². The molecule has 2 heterocycles. The Hall–Kier alpha value is -2.67. The van der Waals surface area contributed by atoms with Crippen molar-refractivity contribution < 1.29 is 18.7 Å². The van der Waals surface area contributed by atoms with Crippen LogP contribution in [-0.2, 0) is 6.61 Å². The highest BCUT2D eigenvalue weighted by Crippen LogP contribution is 2.29. The molecule has 0 aliphatic heterocycles. The van der Waals surface area contributed by atoms with Crippen LogP contribution in [0, 0.1) is 0 Å². The van der Waals surface area contributed by atoms with E-state index in [1.165, 1.54) is 25.4 Å². The third-order valence-electron chi connectivity index (χ3n) is 3.12. The first-order valence-corrected chi connectivity index (χ1v) is 7.73. The molecular weight excluding hydrogens is 316 g/mol. The minimum atomic E-state index is -0.0349. The predicted molar refractivity (Wildman–Crippen MR) is 84.9 cm³/mol. The minimum Gasteiger partial charge on any atom is -0.493 e. The summed E-state index contributed by atoms with van der Waals surface area (Å²) in [7, 11) is 1.52. The minimum absolute atomic E-state index is 0.0349. The molecule has 0 atom stereocenters. The molecule has 0 amide bonds. The number of ketones is 1. The van der Waals surface area contributed by atoms with Crippen LogP contribution in [0.5, 0.6) is 11.5 Å². The lowest BCUT2D eigenvalue weighted by molar-refractivity contribution is 0.101. The molecule has 3 aromatic rings. The number of benzene rings is 1. The Bertz CT molecular complexity index is 811. The van der Waals surface area contributed by atoms with E-state index in [0.717, 1.165) is 4.88 Å². The summed E-state index contributed by atoms with van der Waals surface area (Å²) < 4.78 is 16.5. The van der Waals surface area contributed by atoms with Crippen LogP contribution in [0.3, 0.4) is 0 Å². The number of Topliss-reactive ketones (excluding diaryl/α,β-unsaturated/α-hetero) is 1. The van der Waals surface area contributed by atoms with Crippen molar-refractivity contribution in [2.45, 2.75) is 13.5 Å². The van der Waals surface area contributed by atoms with Gasteiger partial charge in [-0.2, -0.15) is 0 Å². The molecule has 0 spiro atoms. The van der Waals surface area contributed by atoms with Crippen LogP contribution in [-0.4, -0.2) is 23.1 Å². The number of rotatable bonds is 6. The number of hydrogen-bond donors (Lipinski definition) is 0. The van der Waals surface area contributed by atoms with Crippen molar-refractivity contribution in [2.75, 3.05) is 7.11 Å². The Kier molecular flexibility index (Phi) is 4.38. The molecule has 0 fully saturated rings. The number of ether oxygens (including phenoxy) is 2. The van der Waals surface area contributed by atoms with Gasteiger partial charge in [0.1, 0.15) is 0 Å². The molecule has 2 aromatic heterocycles. The molecule has 0 N–H and O–H groups in total. The summed E-state index contributed by atoms with van der Waals surface area (Å²) in [6, 6.07) is 8.84. The van der Waals surface area contributed by atoms with E-state index < -0.39 is 0 Å². The van der Waals surface area contributed by atoms with Gasteiger partial charge >= 0.3 is 0 Å². The van der Waals surface area contributed by atoms with Gasteiger partial charge in [0.2, 0.25) is 0 Å². The molecule has 0 saturated heterocycles. The summed E-state index contributed by atoms with van der Waals surface area (Å²) >= 11 is 1.53. The first-order chi connectivity index (χ1) is 11.2. The Balaban J connectivity index is 1.72. The highest BCUT2D eigenvalue weighted by Gasteiger charge is 2.12. The highest BCUT2D eigenvalue weighted by molar-refractivity contribution is 7.13. The number of carbonyl (C=O) groups is 1. The number of hydrogen-bond acceptors (Lipinski definition) is 7. The molecular formula is C16H14N2O4S. The van der Waals surface area contributed by atoms with Crippen molar-refractivity contribution in [1.29, 1.82) is 0 Å². The topological polar surface area (TPSA) is 74.5 Å². The number of thiophene rings is 1. The first kappa shape index (κ1) is 15.2. The van der Waals surface area contributed by atoms with Gasteiger partial charge in [-0.15, -0.1) is 21.5 Å². The fourth-order valence-electron chi connectivity index (χ4n) is 1.96. The molecule has 1 aromatic carbocycles. The van der Waals surface area contributed by atoms with E-state index in [-0.39, 0.29) is 12.4 Å². The smallest absolute Gasteiger partial charge is 0.257 e. The van der Waals surface area contributed by atoms with Gasteiger partial charge in [0.25, 0.3) is 11.8 Å². The summed E-state index contributed by atoms with van der Waals surface area (Å²) in [5, 5.41) is 9.89. The first-order valence-electron chi connectivity index (χ1n) is 6.85. The molecule has 3 rings (SSSR count). The van der Waals surface area contributed by atoms with Crippen molar-refractivity contribution in [3.8, 4) is 22.3 Å². The maximum absolute atomic E-state index is 11.4. The molecule has 0 bridgehead atoms. The summed E-state index contributed by atoms with van der Waals surface area (Å²) in [4.78, 5) is 12.3. The van der Waals surface area contributed by atoms with Gasteiger partial charge in [-0.1, -0.05) is 6.07 Å².